The summed E-state index contributed by atoms with van der Waals surface area (Å²) in [7, 11) is 0. The number of fused-ring (bicyclic) bond motifs is 2. The molecule has 0 saturated carbocycles. The third-order valence-electron chi connectivity index (χ3n) is 11.0. The molecule has 16 nitrogen and oxygen atoms in total. The fourth-order valence-corrected chi connectivity index (χ4v) is 8.15. The number of likely N-dealkylation sites (tertiary alicyclic amines) is 1. The first-order valence-corrected chi connectivity index (χ1v) is 19.1. The van der Waals surface area contributed by atoms with Crippen LogP contribution in [0.3, 0.4) is 0 Å². The highest BCUT2D eigenvalue weighted by Gasteiger charge is 2.44. The molecule has 8 rings (SSSR count). The highest BCUT2D eigenvalue weighted by Crippen LogP contribution is 2.40. The van der Waals surface area contributed by atoms with Crippen molar-refractivity contribution < 1.29 is 38.2 Å². The first-order chi connectivity index (χ1) is 27.6. The zero-order valence-corrected chi connectivity index (χ0v) is 31.1. The standard InChI is InChI=1S/C41H42N8O8/c42-37(52)35-36(25-6-9-28(10-7-25)57-27-4-2-1-3-5-27)46-49-31(14-17-43-38(35)49)24-15-18-47(19-16-24)20-21-56-23-34(51)44-26-8-11-29-30(22-26)41(55)48(40(29)54)32-12-13-33(50)45-39(32)53/h1-11,22,24,31-32,43H,12-21,23H2,(H2,42,52)(H,44,51)(H,45,50,53)/t31-,32?/m0/s1. The highest BCUT2D eigenvalue weighted by molar-refractivity contribution is 6.24. The molecule has 2 fully saturated rings. The predicted octanol–water partition coefficient (Wildman–Crippen LogP) is 3.57. The molecule has 6 amide bonds. The van der Waals surface area contributed by atoms with Crippen molar-refractivity contribution in [1.29, 1.82) is 0 Å². The van der Waals surface area contributed by atoms with Gasteiger partial charge in [-0.1, -0.05) is 18.2 Å². The zero-order chi connectivity index (χ0) is 39.6. The van der Waals surface area contributed by atoms with Crippen molar-refractivity contribution in [2.24, 2.45) is 11.7 Å². The Kier molecular flexibility index (Phi) is 10.5. The lowest BCUT2D eigenvalue weighted by Crippen LogP contribution is -2.54. The number of carbonyl (C=O) groups is 6. The molecule has 1 unspecified atom stereocenters. The number of ether oxygens (including phenoxy) is 2. The number of benzene rings is 3. The molecule has 0 spiro atoms. The zero-order valence-electron chi connectivity index (χ0n) is 31.1. The lowest BCUT2D eigenvalue weighted by atomic mass is 9.87. The van der Waals surface area contributed by atoms with Gasteiger partial charge in [0, 0.05) is 30.8 Å². The Morgan fingerprint density at radius 1 is 0.877 bits per heavy atom. The largest absolute Gasteiger partial charge is 0.457 e. The van der Waals surface area contributed by atoms with Gasteiger partial charge in [0.25, 0.3) is 17.7 Å². The number of hydrogen-bond acceptors (Lipinski definition) is 11. The number of hydrogen-bond donors (Lipinski definition) is 4. The van der Waals surface area contributed by atoms with E-state index in [9.17, 15) is 28.8 Å². The molecule has 4 aromatic rings. The molecule has 3 aromatic carbocycles. The normalized spacial score (nSPS) is 19.8. The third kappa shape index (κ3) is 7.73. The molecule has 57 heavy (non-hydrogen) atoms. The van der Waals surface area contributed by atoms with E-state index < -0.39 is 41.5 Å². The van der Waals surface area contributed by atoms with Crippen LogP contribution in [-0.2, 0) is 19.1 Å². The molecule has 2 atom stereocenters. The SMILES string of the molecule is NC(=O)c1c(-c2ccc(Oc3ccccc3)cc2)nn2c1NCC[C@H]2C1CCN(CCOCC(=O)Nc2ccc3c(c2)C(=O)N(C2CCC(=O)NC2=O)C3=O)CC1. The minimum atomic E-state index is -1.07. The van der Waals surface area contributed by atoms with Gasteiger partial charge in [-0.25, -0.2) is 4.68 Å². The van der Waals surface area contributed by atoms with Gasteiger partial charge in [-0.05, 0) is 99.3 Å². The molecule has 4 aliphatic heterocycles. The van der Waals surface area contributed by atoms with E-state index in [1.165, 1.54) is 18.2 Å². The van der Waals surface area contributed by atoms with Crippen molar-refractivity contribution >= 4 is 46.9 Å². The van der Waals surface area contributed by atoms with E-state index in [4.69, 9.17) is 20.3 Å². The Hall–Kier alpha value is -6.39. The Labute approximate surface area is 327 Å². The molecule has 0 radical (unpaired) electrons. The van der Waals surface area contributed by atoms with Crippen LogP contribution >= 0.6 is 0 Å². The van der Waals surface area contributed by atoms with Gasteiger partial charge in [-0.15, -0.1) is 0 Å². The number of piperidine rings is 2. The van der Waals surface area contributed by atoms with Crippen LogP contribution in [0.15, 0.2) is 72.8 Å². The van der Waals surface area contributed by atoms with E-state index in [1.54, 1.807) is 0 Å². The number of primary amides is 1. The van der Waals surface area contributed by atoms with E-state index >= 15 is 0 Å². The first-order valence-electron chi connectivity index (χ1n) is 19.1. The van der Waals surface area contributed by atoms with Gasteiger partial charge < -0.3 is 30.7 Å². The molecule has 4 aliphatic rings. The number of amides is 6. The summed E-state index contributed by atoms with van der Waals surface area (Å²) < 4.78 is 13.6. The van der Waals surface area contributed by atoms with E-state index in [-0.39, 0.29) is 36.6 Å². The maximum Gasteiger partial charge on any atom is 0.262 e. The van der Waals surface area contributed by atoms with Crippen LogP contribution in [0.1, 0.15) is 69.2 Å². The second-order valence-corrected chi connectivity index (χ2v) is 14.6. The van der Waals surface area contributed by atoms with Crippen LogP contribution in [0.4, 0.5) is 11.5 Å². The Bertz CT molecular complexity index is 2230. The molecule has 294 valence electrons. The second-order valence-electron chi connectivity index (χ2n) is 14.6. The van der Waals surface area contributed by atoms with Crippen LogP contribution in [0.2, 0.25) is 0 Å². The minimum absolute atomic E-state index is 0.0277. The third-order valence-corrected chi connectivity index (χ3v) is 11.0. The lowest BCUT2D eigenvalue weighted by molar-refractivity contribution is -0.136. The number of nitrogens with two attached hydrogens (primary N) is 1. The molecular formula is C41H42N8O8. The average molecular weight is 775 g/mol. The average Bonchev–Trinajstić information content (AvgIpc) is 3.72. The van der Waals surface area contributed by atoms with Gasteiger partial charge in [-0.2, -0.15) is 5.10 Å². The molecule has 2 saturated heterocycles. The van der Waals surface area contributed by atoms with E-state index in [2.05, 4.69) is 20.9 Å². The van der Waals surface area contributed by atoms with Crippen molar-refractivity contribution in [3.8, 4) is 22.8 Å². The maximum atomic E-state index is 13.1. The van der Waals surface area contributed by atoms with Crippen LogP contribution in [0.25, 0.3) is 11.3 Å². The van der Waals surface area contributed by atoms with Crippen molar-refractivity contribution in [3.63, 3.8) is 0 Å². The molecule has 5 heterocycles. The monoisotopic (exact) mass is 774 g/mol. The maximum absolute atomic E-state index is 13.1. The number of anilines is 2. The fraction of sp³-hybridized carbons (Fsp3) is 0.341. The Balaban J connectivity index is 0.815. The molecule has 0 aliphatic carbocycles. The number of imide groups is 2. The summed E-state index contributed by atoms with van der Waals surface area (Å²) in [5.74, 6) is -0.959. The number of carbonyl (C=O) groups excluding carboxylic acids is 6. The molecular weight excluding hydrogens is 732 g/mol. The summed E-state index contributed by atoms with van der Waals surface area (Å²) in [5.41, 5.74) is 8.14. The van der Waals surface area contributed by atoms with Crippen molar-refractivity contribution in [3.05, 3.63) is 89.5 Å². The summed E-state index contributed by atoms with van der Waals surface area (Å²) in [6.45, 7) is 3.18. The van der Waals surface area contributed by atoms with Crippen LogP contribution in [-0.4, -0.2) is 100 Å². The van der Waals surface area contributed by atoms with Gasteiger partial charge >= 0.3 is 0 Å². The number of aromatic nitrogens is 2. The predicted molar refractivity (Wildman–Crippen MR) is 207 cm³/mol. The molecule has 1 aromatic heterocycles. The molecule has 16 heteroatoms. The summed E-state index contributed by atoms with van der Waals surface area (Å²) in [4.78, 5) is 78.6. The van der Waals surface area contributed by atoms with Crippen LogP contribution in [0.5, 0.6) is 11.5 Å². The van der Waals surface area contributed by atoms with Gasteiger partial charge in [0.05, 0.1) is 23.8 Å². The number of nitrogens with zero attached hydrogens (tertiary/aromatic N) is 4. The van der Waals surface area contributed by atoms with E-state index in [0.29, 0.717) is 54.1 Å². The summed E-state index contributed by atoms with van der Waals surface area (Å²) in [6.07, 6.45) is 2.81. The highest BCUT2D eigenvalue weighted by atomic mass is 16.5. The molecule has 0 bridgehead atoms. The van der Waals surface area contributed by atoms with Gasteiger partial charge in [0.2, 0.25) is 17.7 Å². The van der Waals surface area contributed by atoms with Gasteiger partial charge in [0.15, 0.2) is 0 Å². The van der Waals surface area contributed by atoms with Crippen LogP contribution < -0.4 is 26.4 Å². The van der Waals surface area contributed by atoms with E-state index in [0.717, 1.165) is 48.6 Å². The Morgan fingerprint density at radius 3 is 2.35 bits per heavy atom. The van der Waals surface area contributed by atoms with E-state index in [1.807, 2.05) is 59.3 Å². The smallest absolute Gasteiger partial charge is 0.262 e. The first kappa shape index (κ1) is 37.5. The lowest BCUT2D eigenvalue weighted by Gasteiger charge is -2.38. The number of rotatable bonds is 12. The van der Waals surface area contributed by atoms with Crippen molar-refractivity contribution in [2.45, 2.75) is 44.2 Å². The Morgan fingerprint density at radius 2 is 1.61 bits per heavy atom. The number of nitrogens with one attached hydrogen (secondary N) is 3. The van der Waals surface area contributed by atoms with Crippen LogP contribution in [0, 0.1) is 5.92 Å². The van der Waals surface area contributed by atoms with Gasteiger partial charge in [0.1, 0.15) is 41.2 Å². The number of para-hydroxylation sites is 1. The second kappa shape index (κ2) is 16.0. The topological polar surface area (TPSA) is 207 Å². The van der Waals surface area contributed by atoms with Crippen molar-refractivity contribution in [2.75, 3.05) is 50.0 Å². The molecule has 5 N–H and O–H groups in total. The summed E-state index contributed by atoms with van der Waals surface area (Å²) >= 11 is 0. The van der Waals surface area contributed by atoms with Crippen molar-refractivity contribution in [1.82, 2.24) is 24.9 Å². The summed E-state index contributed by atoms with van der Waals surface area (Å²) in [5, 5.41) is 13.2. The minimum Gasteiger partial charge on any atom is -0.457 e. The quantitative estimate of drug-likeness (QED) is 0.121. The fourth-order valence-electron chi connectivity index (χ4n) is 8.15. The van der Waals surface area contributed by atoms with Gasteiger partial charge in [-0.3, -0.25) is 39.0 Å². The summed E-state index contributed by atoms with van der Waals surface area (Å²) in [6, 6.07) is 20.4.